The molecule has 3 N–H and O–H groups in total. The zero-order valence-electron chi connectivity index (χ0n) is 9.89. The summed E-state index contributed by atoms with van der Waals surface area (Å²) in [5, 5.41) is 23.7. The molecule has 2 bridgehead atoms. The molecule has 3 rings (SSSR count). The van der Waals surface area contributed by atoms with E-state index in [4.69, 9.17) is 0 Å². The molecule has 2 fully saturated rings. The maximum Gasteiger partial charge on any atom is 0.115 e. The van der Waals surface area contributed by atoms with Crippen LogP contribution in [0.15, 0.2) is 24.3 Å². The van der Waals surface area contributed by atoms with Gasteiger partial charge in [0.05, 0.1) is 5.60 Å². The van der Waals surface area contributed by atoms with Crippen LogP contribution < -0.4 is 5.32 Å². The predicted molar refractivity (Wildman–Crippen MR) is 65.9 cm³/mol. The fourth-order valence-electron chi connectivity index (χ4n) is 3.42. The van der Waals surface area contributed by atoms with Crippen LogP contribution >= 0.6 is 0 Å². The smallest absolute Gasteiger partial charge is 0.115 e. The maximum absolute atomic E-state index is 10.7. The second-order valence-corrected chi connectivity index (χ2v) is 5.62. The lowest BCUT2D eigenvalue weighted by Crippen LogP contribution is -2.49. The Hall–Kier alpha value is -1.06. The Balaban J connectivity index is 1.76. The largest absolute Gasteiger partial charge is 0.508 e. The molecule has 2 unspecified atom stereocenters. The van der Waals surface area contributed by atoms with Crippen molar-refractivity contribution in [2.45, 2.75) is 49.8 Å². The third kappa shape index (κ3) is 2.31. The Bertz CT molecular complexity index is 406. The highest BCUT2D eigenvalue weighted by Gasteiger charge is 2.42. The normalized spacial score (nSPS) is 36.1. The molecule has 0 radical (unpaired) electrons. The number of rotatable bonds is 2. The van der Waals surface area contributed by atoms with E-state index < -0.39 is 5.60 Å². The second-order valence-electron chi connectivity index (χ2n) is 5.62. The topological polar surface area (TPSA) is 52.5 Å². The Morgan fingerprint density at radius 1 is 1.24 bits per heavy atom. The zero-order chi connectivity index (χ0) is 11.9. The highest BCUT2D eigenvalue weighted by molar-refractivity contribution is 5.28. The van der Waals surface area contributed by atoms with Crippen LogP contribution in [0.25, 0.3) is 0 Å². The van der Waals surface area contributed by atoms with Crippen molar-refractivity contribution < 1.29 is 10.2 Å². The van der Waals surface area contributed by atoms with Gasteiger partial charge in [-0.05, 0) is 43.4 Å². The second kappa shape index (κ2) is 4.00. The van der Waals surface area contributed by atoms with E-state index in [1.807, 2.05) is 12.1 Å². The van der Waals surface area contributed by atoms with Crippen molar-refractivity contribution in [1.82, 2.24) is 5.32 Å². The van der Waals surface area contributed by atoms with Gasteiger partial charge in [0.15, 0.2) is 0 Å². The first-order valence-electron chi connectivity index (χ1n) is 6.39. The molecule has 2 aliphatic heterocycles. The number of fused-ring (bicyclic) bond motifs is 2. The molecule has 2 atom stereocenters. The van der Waals surface area contributed by atoms with Crippen LogP contribution in [0.4, 0.5) is 0 Å². The number of hydrogen-bond donors (Lipinski definition) is 3. The molecule has 0 saturated carbocycles. The summed E-state index contributed by atoms with van der Waals surface area (Å²) in [5.74, 6) is 0.281. The first-order chi connectivity index (χ1) is 8.13. The van der Waals surface area contributed by atoms with Gasteiger partial charge in [-0.25, -0.2) is 0 Å². The molecule has 0 aliphatic carbocycles. The van der Waals surface area contributed by atoms with E-state index in [9.17, 15) is 10.2 Å². The standard InChI is InChI=1S/C14H19NO2/c16-13-3-1-2-10(6-13)7-14(17)8-11-4-5-12(9-14)15-11/h1-3,6,11-12,15-17H,4-5,7-9H2. The average Bonchev–Trinajstić information content (AvgIpc) is 2.58. The number of aromatic hydroxyl groups is 1. The molecule has 0 spiro atoms. The third-order valence-electron chi connectivity index (χ3n) is 4.03. The molecule has 3 heteroatoms. The summed E-state index contributed by atoms with van der Waals surface area (Å²) in [7, 11) is 0. The molecule has 92 valence electrons. The fraction of sp³-hybridized carbons (Fsp3) is 0.571. The van der Waals surface area contributed by atoms with Crippen molar-refractivity contribution in [1.29, 1.82) is 0 Å². The predicted octanol–water partition coefficient (Wildman–Crippen LogP) is 1.58. The van der Waals surface area contributed by atoms with Gasteiger partial charge in [-0.2, -0.15) is 0 Å². The van der Waals surface area contributed by atoms with Crippen molar-refractivity contribution in [3.05, 3.63) is 29.8 Å². The number of hydrogen-bond acceptors (Lipinski definition) is 3. The molecule has 2 saturated heterocycles. The first kappa shape index (κ1) is 11.1. The van der Waals surface area contributed by atoms with Crippen LogP contribution in [0.5, 0.6) is 5.75 Å². The van der Waals surface area contributed by atoms with Crippen LogP contribution in [0.3, 0.4) is 0 Å². The van der Waals surface area contributed by atoms with E-state index in [0.717, 1.165) is 18.4 Å². The van der Waals surface area contributed by atoms with Gasteiger partial charge in [-0.3, -0.25) is 0 Å². The monoisotopic (exact) mass is 233 g/mol. The minimum atomic E-state index is -0.592. The van der Waals surface area contributed by atoms with Gasteiger partial charge in [0.2, 0.25) is 0 Å². The molecule has 1 aromatic rings. The first-order valence-corrected chi connectivity index (χ1v) is 6.39. The number of phenols is 1. The Morgan fingerprint density at radius 3 is 2.59 bits per heavy atom. The number of phenolic OH excluding ortho intramolecular Hbond substituents is 1. The zero-order valence-corrected chi connectivity index (χ0v) is 9.89. The van der Waals surface area contributed by atoms with Crippen molar-refractivity contribution in [2.24, 2.45) is 0 Å². The summed E-state index contributed by atoms with van der Waals surface area (Å²) >= 11 is 0. The van der Waals surface area contributed by atoms with E-state index in [-0.39, 0.29) is 5.75 Å². The molecule has 17 heavy (non-hydrogen) atoms. The van der Waals surface area contributed by atoms with E-state index in [2.05, 4.69) is 5.32 Å². The van der Waals surface area contributed by atoms with Crippen LogP contribution in [-0.2, 0) is 6.42 Å². The summed E-state index contributed by atoms with van der Waals surface area (Å²) in [6.45, 7) is 0. The van der Waals surface area contributed by atoms with Gasteiger partial charge >= 0.3 is 0 Å². The van der Waals surface area contributed by atoms with Gasteiger partial charge in [0.1, 0.15) is 5.75 Å². The number of nitrogens with one attached hydrogen (secondary N) is 1. The quantitative estimate of drug-likeness (QED) is 0.727. The van der Waals surface area contributed by atoms with Crippen molar-refractivity contribution >= 4 is 0 Å². The molecular formula is C14H19NO2. The number of aliphatic hydroxyl groups is 1. The molecule has 3 nitrogen and oxygen atoms in total. The van der Waals surface area contributed by atoms with E-state index in [0.29, 0.717) is 18.5 Å². The van der Waals surface area contributed by atoms with Crippen LogP contribution in [0.2, 0.25) is 0 Å². The summed E-state index contributed by atoms with van der Waals surface area (Å²) in [5.41, 5.74) is 0.430. The van der Waals surface area contributed by atoms with Crippen molar-refractivity contribution in [2.75, 3.05) is 0 Å². The minimum absolute atomic E-state index is 0.281. The SMILES string of the molecule is Oc1cccc(CC2(O)CC3CCC(C2)N3)c1. The van der Waals surface area contributed by atoms with Crippen molar-refractivity contribution in [3.8, 4) is 5.75 Å². The lowest BCUT2D eigenvalue weighted by molar-refractivity contribution is -0.00610. The molecule has 2 heterocycles. The third-order valence-corrected chi connectivity index (χ3v) is 4.03. The van der Waals surface area contributed by atoms with Gasteiger partial charge in [0.25, 0.3) is 0 Å². The highest BCUT2D eigenvalue weighted by atomic mass is 16.3. The lowest BCUT2D eigenvalue weighted by Gasteiger charge is -2.37. The Labute approximate surface area is 101 Å². The molecule has 0 amide bonds. The molecular weight excluding hydrogens is 214 g/mol. The summed E-state index contributed by atoms with van der Waals surface area (Å²) in [6, 6.07) is 8.19. The molecule has 0 aromatic heterocycles. The van der Waals surface area contributed by atoms with Crippen molar-refractivity contribution in [3.63, 3.8) is 0 Å². The van der Waals surface area contributed by atoms with Gasteiger partial charge in [0, 0.05) is 18.5 Å². The Morgan fingerprint density at radius 2 is 1.94 bits per heavy atom. The minimum Gasteiger partial charge on any atom is -0.508 e. The van der Waals surface area contributed by atoms with Crippen LogP contribution in [-0.4, -0.2) is 27.9 Å². The van der Waals surface area contributed by atoms with Gasteiger partial charge < -0.3 is 15.5 Å². The molecule has 1 aromatic carbocycles. The Kier molecular flexibility index (Phi) is 2.60. The number of benzene rings is 1. The summed E-state index contributed by atoms with van der Waals surface area (Å²) < 4.78 is 0. The lowest BCUT2D eigenvalue weighted by atomic mass is 9.82. The molecule has 2 aliphatic rings. The van der Waals surface area contributed by atoms with Gasteiger partial charge in [-0.15, -0.1) is 0 Å². The van der Waals surface area contributed by atoms with Crippen LogP contribution in [0, 0.1) is 0 Å². The maximum atomic E-state index is 10.7. The summed E-state index contributed by atoms with van der Waals surface area (Å²) in [4.78, 5) is 0. The van der Waals surface area contributed by atoms with E-state index in [1.165, 1.54) is 12.8 Å². The van der Waals surface area contributed by atoms with E-state index >= 15 is 0 Å². The summed E-state index contributed by atoms with van der Waals surface area (Å²) in [6.07, 6.45) is 4.69. The van der Waals surface area contributed by atoms with Crippen LogP contribution in [0.1, 0.15) is 31.2 Å². The number of piperidine rings is 1. The fourth-order valence-corrected chi connectivity index (χ4v) is 3.42. The van der Waals surface area contributed by atoms with Gasteiger partial charge in [-0.1, -0.05) is 12.1 Å². The van der Waals surface area contributed by atoms with E-state index in [1.54, 1.807) is 12.1 Å². The average molecular weight is 233 g/mol. The highest BCUT2D eigenvalue weighted by Crippen LogP contribution is 2.36.